The number of ether oxygens (including phenoxy) is 2. The van der Waals surface area contributed by atoms with E-state index < -0.39 is 11.4 Å². The first kappa shape index (κ1) is 24.7. The van der Waals surface area contributed by atoms with Crippen molar-refractivity contribution in [2.45, 2.75) is 46.6 Å². The smallest absolute Gasteiger partial charge is 0.341 e. The first-order chi connectivity index (χ1) is 16.5. The van der Waals surface area contributed by atoms with Gasteiger partial charge in [-0.3, -0.25) is 9.48 Å². The van der Waals surface area contributed by atoms with Gasteiger partial charge in [-0.2, -0.15) is 5.10 Å². The monoisotopic (exact) mass is 479 g/mol. The highest BCUT2D eigenvalue weighted by molar-refractivity contribution is 5.88. The molecule has 8 heteroatoms. The van der Waals surface area contributed by atoms with Crippen molar-refractivity contribution in [3.05, 3.63) is 57.6 Å². The molecule has 8 nitrogen and oxygen atoms in total. The summed E-state index contributed by atoms with van der Waals surface area (Å²) in [6.45, 7) is 9.46. The third kappa shape index (κ3) is 4.75. The molecule has 0 unspecified atom stereocenters. The Labute approximate surface area is 205 Å². The van der Waals surface area contributed by atoms with Crippen LogP contribution in [-0.4, -0.2) is 45.7 Å². The van der Waals surface area contributed by atoms with Gasteiger partial charge in [-0.15, -0.1) is 0 Å². The van der Waals surface area contributed by atoms with Crippen molar-refractivity contribution in [2.75, 3.05) is 20.3 Å². The second-order valence-electron chi connectivity index (χ2n) is 10.2. The fraction of sp³-hybridized carbons (Fsp3) is 0.444. The number of aromatic nitrogens is 3. The molecule has 0 saturated carbocycles. The number of pyridine rings is 1. The standard InChI is InChI=1S/C27H33N3O5/c1-16-20(14-29(5)28-16)19-12-18-17(10-24(19)35-9-7-8-34-6)11-25(27(2,3)4)30-15-21(26(32)33)23(31)13-22(18)30/h10,12-15,25H,7-9,11H2,1-6H3,(H,32,33)/t25-/m0/s1. The fourth-order valence-corrected chi connectivity index (χ4v) is 4.82. The molecule has 1 aliphatic heterocycles. The van der Waals surface area contributed by atoms with Gasteiger partial charge >= 0.3 is 5.97 Å². The van der Waals surface area contributed by atoms with Gasteiger partial charge in [0, 0.05) is 68.4 Å². The number of carboxylic acid groups (broad SMARTS) is 1. The Morgan fingerprint density at radius 2 is 1.89 bits per heavy atom. The fourth-order valence-electron chi connectivity index (χ4n) is 4.82. The van der Waals surface area contributed by atoms with Crippen molar-refractivity contribution in [3.63, 3.8) is 0 Å². The Hall–Kier alpha value is -3.39. The molecule has 35 heavy (non-hydrogen) atoms. The van der Waals surface area contributed by atoms with E-state index in [0.717, 1.165) is 45.8 Å². The van der Waals surface area contributed by atoms with Gasteiger partial charge in [-0.1, -0.05) is 20.8 Å². The SMILES string of the molecule is COCCCOc1cc2c(cc1-c1cn(C)nc1C)-c1cc(=O)c(C(=O)O)cn1[C@H](C(C)(C)C)C2. The minimum absolute atomic E-state index is 0.0315. The van der Waals surface area contributed by atoms with E-state index in [4.69, 9.17) is 9.47 Å². The number of nitrogens with zero attached hydrogens (tertiary/aromatic N) is 3. The van der Waals surface area contributed by atoms with E-state index in [2.05, 4.69) is 38.0 Å². The summed E-state index contributed by atoms with van der Waals surface area (Å²) in [5.41, 5.74) is 4.52. The van der Waals surface area contributed by atoms with Crippen LogP contribution in [0.1, 0.15) is 54.8 Å². The summed E-state index contributed by atoms with van der Waals surface area (Å²) < 4.78 is 15.1. The molecule has 1 N–H and O–H groups in total. The molecule has 1 atom stereocenters. The Kier molecular flexibility index (Phi) is 6.60. The Morgan fingerprint density at radius 3 is 2.49 bits per heavy atom. The molecular formula is C27H33N3O5. The van der Waals surface area contributed by atoms with Crippen LogP contribution < -0.4 is 10.2 Å². The zero-order chi connectivity index (χ0) is 25.5. The van der Waals surface area contributed by atoms with Crippen LogP contribution in [0.2, 0.25) is 0 Å². The van der Waals surface area contributed by atoms with Gasteiger partial charge in [0.1, 0.15) is 11.3 Å². The number of aromatic carboxylic acids is 1. The van der Waals surface area contributed by atoms with Crippen molar-refractivity contribution in [2.24, 2.45) is 12.5 Å². The lowest BCUT2D eigenvalue weighted by molar-refractivity contribution is 0.0693. The maximum absolute atomic E-state index is 12.7. The predicted octanol–water partition coefficient (Wildman–Crippen LogP) is 4.48. The van der Waals surface area contributed by atoms with Gasteiger partial charge in [0.15, 0.2) is 5.43 Å². The molecule has 1 aliphatic rings. The molecule has 0 bridgehead atoms. The first-order valence-electron chi connectivity index (χ1n) is 11.8. The molecule has 1 aromatic carbocycles. The van der Waals surface area contributed by atoms with Crippen LogP contribution in [-0.2, 0) is 18.2 Å². The number of aryl methyl sites for hydroxylation is 2. The normalized spacial score (nSPS) is 15.0. The number of fused-ring (bicyclic) bond motifs is 3. The molecule has 4 rings (SSSR count). The van der Waals surface area contributed by atoms with Gasteiger partial charge < -0.3 is 19.1 Å². The van der Waals surface area contributed by atoms with E-state index in [1.807, 2.05) is 24.7 Å². The molecule has 3 heterocycles. The minimum atomic E-state index is -1.21. The molecule has 0 spiro atoms. The Balaban J connectivity index is 1.94. The van der Waals surface area contributed by atoms with E-state index in [-0.39, 0.29) is 17.0 Å². The highest BCUT2D eigenvalue weighted by Gasteiger charge is 2.34. The van der Waals surface area contributed by atoms with Crippen LogP contribution in [0.3, 0.4) is 0 Å². The summed E-state index contributed by atoms with van der Waals surface area (Å²) in [6, 6.07) is 5.55. The van der Waals surface area contributed by atoms with Crippen molar-refractivity contribution >= 4 is 5.97 Å². The van der Waals surface area contributed by atoms with Crippen LogP contribution in [0.4, 0.5) is 0 Å². The minimum Gasteiger partial charge on any atom is -0.493 e. The maximum Gasteiger partial charge on any atom is 0.341 e. The van der Waals surface area contributed by atoms with E-state index in [0.29, 0.717) is 19.6 Å². The second-order valence-corrected chi connectivity index (χ2v) is 10.2. The third-order valence-electron chi connectivity index (χ3n) is 6.59. The number of benzene rings is 1. The van der Waals surface area contributed by atoms with Crippen LogP contribution in [0.25, 0.3) is 22.4 Å². The molecule has 0 radical (unpaired) electrons. The van der Waals surface area contributed by atoms with E-state index >= 15 is 0 Å². The number of carboxylic acids is 1. The number of rotatable bonds is 7. The summed E-state index contributed by atoms with van der Waals surface area (Å²) >= 11 is 0. The summed E-state index contributed by atoms with van der Waals surface area (Å²) in [4.78, 5) is 24.5. The lowest BCUT2D eigenvalue weighted by atomic mass is 9.78. The molecule has 0 amide bonds. The average Bonchev–Trinajstić information content (AvgIpc) is 3.12. The van der Waals surface area contributed by atoms with Gasteiger partial charge in [-0.25, -0.2) is 4.79 Å². The lowest BCUT2D eigenvalue weighted by Gasteiger charge is -2.39. The maximum atomic E-state index is 12.7. The van der Waals surface area contributed by atoms with E-state index in [1.165, 1.54) is 12.3 Å². The van der Waals surface area contributed by atoms with Crippen LogP contribution in [0.15, 0.2) is 35.4 Å². The molecular weight excluding hydrogens is 446 g/mol. The number of hydrogen-bond donors (Lipinski definition) is 1. The van der Waals surface area contributed by atoms with Gasteiger partial charge in [0.2, 0.25) is 0 Å². The van der Waals surface area contributed by atoms with Gasteiger partial charge in [0.05, 0.1) is 18.0 Å². The topological polar surface area (TPSA) is 95.6 Å². The Morgan fingerprint density at radius 1 is 1.14 bits per heavy atom. The van der Waals surface area contributed by atoms with Crippen LogP contribution in [0, 0.1) is 12.3 Å². The molecule has 0 saturated heterocycles. The summed E-state index contributed by atoms with van der Waals surface area (Å²) in [6.07, 6.45) is 4.91. The first-order valence-corrected chi connectivity index (χ1v) is 11.8. The Bertz CT molecular complexity index is 1330. The largest absolute Gasteiger partial charge is 0.493 e. The number of methoxy groups -OCH3 is 1. The third-order valence-corrected chi connectivity index (χ3v) is 6.59. The molecule has 3 aromatic rings. The number of hydrogen-bond acceptors (Lipinski definition) is 5. The summed E-state index contributed by atoms with van der Waals surface area (Å²) in [5, 5.41) is 14.1. The molecule has 186 valence electrons. The van der Waals surface area contributed by atoms with E-state index in [9.17, 15) is 14.7 Å². The van der Waals surface area contributed by atoms with E-state index in [1.54, 1.807) is 11.8 Å². The predicted molar refractivity (Wildman–Crippen MR) is 134 cm³/mol. The average molecular weight is 480 g/mol. The lowest BCUT2D eigenvalue weighted by Crippen LogP contribution is -2.32. The van der Waals surface area contributed by atoms with Crippen molar-refractivity contribution in [1.29, 1.82) is 0 Å². The van der Waals surface area contributed by atoms with Crippen molar-refractivity contribution in [1.82, 2.24) is 14.3 Å². The highest BCUT2D eigenvalue weighted by atomic mass is 16.5. The van der Waals surface area contributed by atoms with Gasteiger partial charge in [-0.05, 0) is 36.5 Å². The summed E-state index contributed by atoms with van der Waals surface area (Å²) in [5.74, 6) is -0.447. The van der Waals surface area contributed by atoms with Gasteiger partial charge in [0.25, 0.3) is 0 Å². The zero-order valence-corrected chi connectivity index (χ0v) is 21.2. The van der Waals surface area contributed by atoms with Crippen LogP contribution in [0.5, 0.6) is 5.75 Å². The van der Waals surface area contributed by atoms with Crippen molar-refractivity contribution in [3.8, 4) is 28.1 Å². The quantitative estimate of drug-likeness (QED) is 0.502. The second kappa shape index (κ2) is 9.34. The molecule has 0 fully saturated rings. The summed E-state index contributed by atoms with van der Waals surface area (Å²) in [7, 11) is 3.55. The van der Waals surface area contributed by atoms with Crippen molar-refractivity contribution < 1.29 is 19.4 Å². The molecule has 2 aromatic heterocycles. The van der Waals surface area contributed by atoms with Crippen LogP contribution >= 0.6 is 0 Å². The highest BCUT2D eigenvalue weighted by Crippen LogP contribution is 2.46. The molecule has 0 aliphatic carbocycles. The zero-order valence-electron chi connectivity index (χ0n) is 21.2. The number of carbonyl (C=O) groups is 1.